The van der Waals surface area contributed by atoms with Gasteiger partial charge in [-0.25, -0.2) is 0 Å². The summed E-state index contributed by atoms with van der Waals surface area (Å²) in [6.45, 7) is 1.04. The third-order valence-corrected chi connectivity index (χ3v) is 7.14. The number of rotatable bonds is 5. The van der Waals surface area contributed by atoms with Crippen molar-refractivity contribution in [1.29, 1.82) is 0 Å². The second-order valence-electron chi connectivity index (χ2n) is 8.80. The Hall–Kier alpha value is -3.26. The van der Waals surface area contributed by atoms with Gasteiger partial charge in [-0.3, -0.25) is 4.18 Å². The van der Waals surface area contributed by atoms with Gasteiger partial charge in [0.15, 0.2) is 0 Å². The summed E-state index contributed by atoms with van der Waals surface area (Å²) < 4.78 is 157. The van der Waals surface area contributed by atoms with Crippen LogP contribution in [0.25, 0.3) is 11.1 Å². The molecule has 4 nitrogen and oxygen atoms in total. The van der Waals surface area contributed by atoms with Crippen LogP contribution in [0.1, 0.15) is 27.8 Å². The van der Waals surface area contributed by atoms with E-state index in [0.29, 0.717) is 24.3 Å². The van der Waals surface area contributed by atoms with Crippen LogP contribution in [0.2, 0.25) is 0 Å². The van der Waals surface area contributed by atoms with Gasteiger partial charge in [0, 0.05) is 12.0 Å². The van der Waals surface area contributed by atoms with Crippen molar-refractivity contribution in [3.05, 3.63) is 82.4 Å². The molecular formula is C25H17F9O4S. The van der Waals surface area contributed by atoms with E-state index in [1.165, 1.54) is 24.3 Å². The molecule has 0 saturated heterocycles. The molecule has 4 rings (SSSR count). The summed E-state index contributed by atoms with van der Waals surface area (Å²) >= 11 is 0. The molecule has 1 heterocycles. The topological polar surface area (TPSA) is 52.6 Å². The maximum absolute atomic E-state index is 13.6. The van der Waals surface area contributed by atoms with E-state index in [0.717, 1.165) is 5.56 Å². The summed E-state index contributed by atoms with van der Waals surface area (Å²) in [4.78, 5) is -0.202. The maximum Gasteiger partial charge on any atom is 0.416 e. The smallest absolute Gasteiger partial charge is 0.416 e. The minimum Gasteiger partial charge on any atom is -0.487 e. The molecule has 14 heteroatoms. The predicted molar refractivity (Wildman–Crippen MR) is 119 cm³/mol. The molecule has 1 aliphatic rings. The Kier molecular flexibility index (Phi) is 7.17. The van der Waals surface area contributed by atoms with E-state index in [2.05, 4.69) is 0 Å². The molecule has 0 aromatic heterocycles. The predicted octanol–water partition coefficient (Wildman–Crippen LogP) is 7.43. The molecule has 3 aromatic carbocycles. The average molecular weight is 584 g/mol. The van der Waals surface area contributed by atoms with Crippen molar-refractivity contribution in [2.24, 2.45) is 0 Å². The van der Waals surface area contributed by atoms with Crippen molar-refractivity contribution in [3.8, 4) is 16.9 Å². The maximum atomic E-state index is 13.6. The second kappa shape index (κ2) is 9.73. The minimum atomic E-state index is -5.23. The number of alkyl halides is 9. The minimum absolute atomic E-state index is 0.148. The molecule has 1 atom stereocenters. The highest BCUT2D eigenvalue weighted by molar-refractivity contribution is 7.86. The van der Waals surface area contributed by atoms with E-state index < -0.39 is 74.9 Å². The van der Waals surface area contributed by atoms with Gasteiger partial charge in [0.05, 0.1) is 21.6 Å². The van der Waals surface area contributed by atoms with Crippen LogP contribution < -0.4 is 4.74 Å². The molecular weight excluding hydrogens is 567 g/mol. The average Bonchev–Trinajstić information content (AvgIpc) is 3.24. The zero-order chi connectivity index (χ0) is 29.0. The first-order valence-electron chi connectivity index (χ1n) is 11.0. The molecule has 39 heavy (non-hydrogen) atoms. The zero-order valence-electron chi connectivity index (χ0n) is 19.6. The van der Waals surface area contributed by atoms with Crippen LogP contribution in [0, 0.1) is 6.92 Å². The number of benzene rings is 3. The van der Waals surface area contributed by atoms with E-state index in [4.69, 9.17) is 8.92 Å². The Labute approximate surface area is 216 Å². The van der Waals surface area contributed by atoms with Crippen molar-refractivity contribution in [3.63, 3.8) is 0 Å². The van der Waals surface area contributed by atoms with Crippen molar-refractivity contribution in [1.82, 2.24) is 0 Å². The fourth-order valence-electron chi connectivity index (χ4n) is 3.95. The molecule has 0 spiro atoms. The summed E-state index contributed by atoms with van der Waals surface area (Å²) in [6.07, 6.45) is -17.0. The third-order valence-electron chi connectivity index (χ3n) is 5.84. The molecule has 0 fully saturated rings. The summed E-state index contributed by atoms with van der Waals surface area (Å²) in [5.74, 6) is -0.406. The van der Waals surface area contributed by atoms with E-state index in [1.807, 2.05) is 0 Å². The van der Waals surface area contributed by atoms with Crippen molar-refractivity contribution < 1.29 is 56.9 Å². The number of fused-ring (bicyclic) bond motifs is 1. The van der Waals surface area contributed by atoms with Crippen LogP contribution in [-0.4, -0.2) is 21.1 Å². The Morgan fingerprint density at radius 1 is 0.795 bits per heavy atom. The third kappa shape index (κ3) is 6.32. The van der Waals surface area contributed by atoms with Crippen LogP contribution in [0.4, 0.5) is 39.5 Å². The Bertz CT molecular complexity index is 1460. The van der Waals surface area contributed by atoms with Crippen LogP contribution in [-0.2, 0) is 39.3 Å². The van der Waals surface area contributed by atoms with Gasteiger partial charge in [-0.05, 0) is 60.5 Å². The lowest BCUT2D eigenvalue weighted by Crippen LogP contribution is -2.23. The molecule has 0 amide bonds. The summed E-state index contributed by atoms with van der Waals surface area (Å²) in [5.41, 5.74) is -5.68. The molecule has 210 valence electrons. The standard InChI is InChI=1S/C25H17F9O4S/c1-13-2-4-20(5-3-13)39(35,36)37-12-19-9-15-8-18(25(32,33)34)11-21(22(15)38-19)14-6-16(23(26,27)28)10-17(7-14)24(29,30)31/h2-8,10-11,19H,9,12H2,1H3. The fraction of sp³-hybridized carbons (Fsp3) is 0.280. The first-order valence-corrected chi connectivity index (χ1v) is 12.4. The molecule has 0 bridgehead atoms. The van der Waals surface area contributed by atoms with E-state index >= 15 is 0 Å². The van der Waals surface area contributed by atoms with Crippen LogP contribution >= 0.6 is 0 Å². The lowest BCUT2D eigenvalue weighted by molar-refractivity contribution is -0.143. The van der Waals surface area contributed by atoms with E-state index in [9.17, 15) is 47.9 Å². The van der Waals surface area contributed by atoms with Gasteiger partial charge < -0.3 is 4.74 Å². The fourth-order valence-corrected chi connectivity index (χ4v) is 4.89. The summed E-state index contributed by atoms with van der Waals surface area (Å²) in [5, 5.41) is 0. The number of hydrogen-bond donors (Lipinski definition) is 0. The summed E-state index contributed by atoms with van der Waals surface area (Å²) in [6, 6.07) is 7.03. The van der Waals surface area contributed by atoms with E-state index in [-0.39, 0.29) is 22.9 Å². The van der Waals surface area contributed by atoms with Crippen LogP contribution in [0.3, 0.4) is 0 Å². The molecule has 0 radical (unpaired) electrons. The molecule has 1 aliphatic heterocycles. The Morgan fingerprint density at radius 2 is 1.31 bits per heavy atom. The molecule has 1 unspecified atom stereocenters. The van der Waals surface area contributed by atoms with Gasteiger partial charge in [0.1, 0.15) is 18.5 Å². The zero-order valence-corrected chi connectivity index (χ0v) is 20.4. The Balaban J connectivity index is 1.73. The van der Waals surface area contributed by atoms with E-state index in [1.54, 1.807) is 6.92 Å². The molecule has 0 saturated carbocycles. The lowest BCUT2D eigenvalue weighted by atomic mass is 9.94. The largest absolute Gasteiger partial charge is 0.487 e. The van der Waals surface area contributed by atoms with Crippen molar-refractivity contribution >= 4 is 10.1 Å². The SMILES string of the molecule is Cc1ccc(S(=O)(=O)OCC2Cc3cc(C(F)(F)F)cc(-c4cc(C(F)(F)F)cc(C(F)(F)F)c4)c3O2)cc1. The van der Waals surface area contributed by atoms with Gasteiger partial charge in [0.25, 0.3) is 10.1 Å². The molecule has 0 aliphatic carbocycles. The number of aryl methyl sites for hydroxylation is 1. The van der Waals surface area contributed by atoms with Crippen LogP contribution in [0.15, 0.2) is 59.5 Å². The lowest BCUT2D eigenvalue weighted by Gasteiger charge is -2.18. The van der Waals surface area contributed by atoms with Gasteiger partial charge in [0.2, 0.25) is 0 Å². The quantitative estimate of drug-likeness (QED) is 0.231. The summed E-state index contributed by atoms with van der Waals surface area (Å²) in [7, 11) is -4.30. The van der Waals surface area contributed by atoms with Crippen molar-refractivity contribution in [2.45, 2.75) is 42.9 Å². The van der Waals surface area contributed by atoms with Gasteiger partial charge in [-0.2, -0.15) is 47.9 Å². The highest BCUT2D eigenvalue weighted by Crippen LogP contribution is 2.46. The highest BCUT2D eigenvalue weighted by atomic mass is 32.2. The first kappa shape index (κ1) is 28.7. The number of halogens is 9. The Morgan fingerprint density at radius 3 is 1.82 bits per heavy atom. The second-order valence-corrected chi connectivity index (χ2v) is 10.4. The van der Waals surface area contributed by atoms with Gasteiger partial charge in [-0.15, -0.1) is 0 Å². The normalized spacial score (nSPS) is 16.2. The number of hydrogen-bond acceptors (Lipinski definition) is 4. The molecule has 3 aromatic rings. The van der Waals surface area contributed by atoms with Crippen molar-refractivity contribution in [2.75, 3.05) is 6.61 Å². The van der Waals surface area contributed by atoms with Crippen LogP contribution in [0.5, 0.6) is 5.75 Å². The molecule has 0 N–H and O–H groups in total. The van der Waals surface area contributed by atoms with Gasteiger partial charge >= 0.3 is 18.5 Å². The monoisotopic (exact) mass is 584 g/mol. The highest BCUT2D eigenvalue weighted by Gasteiger charge is 2.39. The number of ether oxygens (including phenoxy) is 1. The first-order chi connectivity index (χ1) is 17.8. The van der Waals surface area contributed by atoms with Gasteiger partial charge in [-0.1, -0.05) is 17.7 Å².